The summed E-state index contributed by atoms with van der Waals surface area (Å²) in [4.78, 5) is 4.93. The van der Waals surface area contributed by atoms with Gasteiger partial charge in [-0.1, -0.05) is 41.4 Å². The second kappa shape index (κ2) is 8.46. The second-order valence-electron chi connectivity index (χ2n) is 6.85. The first-order valence-corrected chi connectivity index (χ1v) is 10.0. The maximum Gasteiger partial charge on any atom is 0.127 e. The molecule has 148 valence electrons. The Morgan fingerprint density at radius 1 is 1.00 bits per heavy atom. The first-order chi connectivity index (χ1) is 14.0. The summed E-state index contributed by atoms with van der Waals surface area (Å²) in [6.07, 6.45) is 0.249. The van der Waals surface area contributed by atoms with Gasteiger partial charge >= 0.3 is 0 Å². The van der Waals surface area contributed by atoms with Crippen LogP contribution in [0, 0.1) is 0 Å². The zero-order valence-corrected chi connectivity index (χ0v) is 17.3. The molecule has 4 rings (SSSR count). The molecule has 3 aromatic rings. The molecule has 0 radical (unpaired) electrons. The predicted molar refractivity (Wildman–Crippen MR) is 117 cm³/mol. The summed E-state index contributed by atoms with van der Waals surface area (Å²) in [6.45, 7) is 0. The molecule has 0 aromatic heterocycles. The topological polar surface area (TPSA) is 53.8 Å². The zero-order valence-electron chi connectivity index (χ0n) is 15.8. The third-order valence-electron chi connectivity index (χ3n) is 5.03. The molecule has 0 saturated carbocycles. The lowest BCUT2D eigenvalue weighted by Gasteiger charge is -2.31. The smallest absolute Gasteiger partial charge is 0.127 e. The van der Waals surface area contributed by atoms with Gasteiger partial charge in [-0.2, -0.15) is 0 Å². The van der Waals surface area contributed by atoms with Crippen LogP contribution in [0.1, 0.15) is 35.3 Å². The molecule has 2 N–H and O–H groups in total. The van der Waals surface area contributed by atoms with Gasteiger partial charge in [-0.3, -0.25) is 10.3 Å². The summed E-state index contributed by atoms with van der Waals surface area (Å²) in [7, 11) is 1.64. The van der Waals surface area contributed by atoms with Gasteiger partial charge < -0.3 is 9.84 Å². The highest BCUT2D eigenvalue weighted by molar-refractivity contribution is 6.31. The van der Waals surface area contributed by atoms with Crippen LogP contribution >= 0.6 is 23.2 Å². The molecule has 4 nitrogen and oxygen atoms in total. The number of methoxy groups -OCH3 is 1. The van der Waals surface area contributed by atoms with E-state index in [4.69, 9.17) is 32.9 Å². The van der Waals surface area contributed by atoms with Crippen molar-refractivity contribution < 1.29 is 9.84 Å². The van der Waals surface area contributed by atoms with E-state index >= 15 is 0 Å². The molecular weight excluding hydrogens is 407 g/mol. The molecule has 1 aliphatic heterocycles. The molecule has 0 bridgehead atoms. The van der Waals surface area contributed by atoms with Gasteiger partial charge in [-0.15, -0.1) is 0 Å². The molecule has 2 atom stereocenters. The number of phenolic OH excluding ortho intramolecular Hbond substituents is 1. The number of aliphatic imine (C=N–C) groups is 1. The molecular formula is C23H20Cl2N2O2. The summed E-state index contributed by atoms with van der Waals surface area (Å²) < 4.78 is 5.26. The number of ether oxygens (including phenoxy) is 1. The van der Waals surface area contributed by atoms with Crippen molar-refractivity contribution in [3.8, 4) is 11.5 Å². The lowest BCUT2D eigenvalue weighted by atomic mass is 9.93. The summed E-state index contributed by atoms with van der Waals surface area (Å²) in [5.41, 5.74) is 3.53. The fourth-order valence-electron chi connectivity index (χ4n) is 3.52. The summed E-state index contributed by atoms with van der Waals surface area (Å²) in [6, 6.07) is 20.3. The van der Waals surface area contributed by atoms with Crippen molar-refractivity contribution in [2.45, 2.75) is 18.6 Å². The fourth-order valence-corrected chi connectivity index (χ4v) is 3.94. The van der Waals surface area contributed by atoms with E-state index < -0.39 is 0 Å². The Kier molecular flexibility index (Phi) is 5.76. The van der Waals surface area contributed by atoms with Gasteiger partial charge in [0.25, 0.3) is 0 Å². The number of rotatable bonds is 4. The Hall–Kier alpha value is -2.53. The largest absolute Gasteiger partial charge is 0.508 e. The Balaban J connectivity index is 1.77. The highest BCUT2D eigenvalue weighted by Crippen LogP contribution is 2.37. The van der Waals surface area contributed by atoms with Crippen molar-refractivity contribution in [2.75, 3.05) is 7.11 Å². The van der Waals surface area contributed by atoms with Crippen LogP contribution in [0.5, 0.6) is 11.5 Å². The average Bonchev–Trinajstić information content (AvgIpc) is 2.75. The number of aromatic hydroxyl groups is 1. The van der Waals surface area contributed by atoms with Crippen molar-refractivity contribution in [3.63, 3.8) is 0 Å². The molecule has 1 heterocycles. The van der Waals surface area contributed by atoms with E-state index in [9.17, 15) is 5.11 Å². The maximum atomic E-state index is 10.4. The Morgan fingerprint density at radius 3 is 2.48 bits per heavy atom. The van der Waals surface area contributed by atoms with Gasteiger partial charge in [0.1, 0.15) is 17.7 Å². The highest BCUT2D eigenvalue weighted by Gasteiger charge is 2.28. The van der Waals surface area contributed by atoms with Crippen LogP contribution in [0.15, 0.2) is 71.7 Å². The Labute approximate surface area is 179 Å². The van der Waals surface area contributed by atoms with Crippen molar-refractivity contribution in [1.29, 1.82) is 0 Å². The maximum absolute atomic E-state index is 10.4. The van der Waals surface area contributed by atoms with E-state index in [1.54, 1.807) is 25.3 Å². The van der Waals surface area contributed by atoms with E-state index in [-0.39, 0.29) is 18.0 Å². The number of hydrogen-bond acceptors (Lipinski definition) is 4. The molecule has 0 aliphatic carbocycles. The van der Waals surface area contributed by atoms with Gasteiger partial charge in [0, 0.05) is 39.3 Å². The van der Waals surface area contributed by atoms with Gasteiger partial charge in [0.15, 0.2) is 0 Å². The average molecular weight is 427 g/mol. The number of hydrogen-bond donors (Lipinski definition) is 2. The van der Waals surface area contributed by atoms with Crippen molar-refractivity contribution >= 4 is 28.9 Å². The minimum atomic E-state index is -0.349. The van der Waals surface area contributed by atoms with Crippen LogP contribution in [0.3, 0.4) is 0 Å². The molecule has 6 heteroatoms. The highest BCUT2D eigenvalue weighted by atomic mass is 35.5. The van der Waals surface area contributed by atoms with E-state index in [0.717, 1.165) is 28.2 Å². The molecule has 0 saturated heterocycles. The standard InChI is InChI=1S/C23H20Cl2N2O2/c1-29-16-9-6-14(7-10-16)20-13-21(18-12-15(24)8-11-22(18)28)27-23(26-20)17-4-2-3-5-19(17)25/h2-12,21,23,27-28H,13H2,1H3/t21-,23+/m0/s1. The number of halogens is 2. The van der Waals surface area contributed by atoms with Crippen LogP contribution in [-0.2, 0) is 0 Å². The summed E-state index contributed by atoms with van der Waals surface area (Å²) in [5.74, 6) is 0.982. The molecule has 3 aromatic carbocycles. The minimum absolute atomic E-state index is 0.176. The number of phenols is 1. The van der Waals surface area contributed by atoms with Gasteiger partial charge in [0.05, 0.1) is 7.11 Å². The van der Waals surface area contributed by atoms with Gasteiger partial charge in [-0.25, -0.2) is 0 Å². The second-order valence-corrected chi connectivity index (χ2v) is 7.70. The Bertz CT molecular complexity index is 1050. The molecule has 29 heavy (non-hydrogen) atoms. The van der Waals surface area contributed by atoms with Crippen molar-refractivity contribution in [2.24, 2.45) is 4.99 Å². The van der Waals surface area contributed by atoms with E-state index in [0.29, 0.717) is 16.5 Å². The molecule has 0 spiro atoms. The SMILES string of the molecule is COc1ccc(C2=N[C@@H](c3ccccc3Cl)N[C@H](c3cc(Cl)ccc3O)C2)cc1. The first kappa shape index (κ1) is 19.8. The van der Waals surface area contributed by atoms with Gasteiger partial charge in [0.2, 0.25) is 0 Å². The van der Waals surface area contributed by atoms with E-state index in [2.05, 4.69) is 5.32 Å². The monoisotopic (exact) mass is 426 g/mol. The number of benzene rings is 3. The predicted octanol–water partition coefficient (Wildman–Crippen LogP) is 5.93. The third kappa shape index (κ3) is 4.25. The number of nitrogens with zero attached hydrogens (tertiary/aromatic N) is 1. The molecule has 0 amide bonds. The Morgan fingerprint density at radius 2 is 1.76 bits per heavy atom. The summed E-state index contributed by atoms with van der Waals surface area (Å²) >= 11 is 12.6. The molecule has 1 aliphatic rings. The first-order valence-electron chi connectivity index (χ1n) is 9.25. The lowest BCUT2D eigenvalue weighted by molar-refractivity contribution is 0.412. The normalized spacial score (nSPS) is 18.9. The quantitative estimate of drug-likeness (QED) is 0.543. The fraction of sp³-hybridized carbons (Fsp3) is 0.174. The van der Waals surface area contributed by atoms with E-state index in [1.165, 1.54) is 0 Å². The number of nitrogens with one attached hydrogen (secondary N) is 1. The minimum Gasteiger partial charge on any atom is -0.508 e. The summed E-state index contributed by atoms with van der Waals surface area (Å²) in [5, 5.41) is 15.2. The van der Waals surface area contributed by atoms with Crippen molar-refractivity contribution in [1.82, 2.24) is 5.32 Å². The van der Waals surface area contributed by atoms with E-state index in [1.807, 2.05) is 48.5 Å². The van der Waals surface area contributed by atoms with Gasteiger partial charge in [-0.05, 0) is 54.1 Å². The van der Waals surface area contributed by atoms with Crippen LogP contribution < -0.4 is 10.1 Å². The van der Waals surface area contributed by atoms with Crippen molar-refractivity contribution in [3.05, 3.63) is 93.5 Å². The van der Waals surface area contributed by atoms with Crippen LogP contribution in [0.4, 0.5) is 0 Å². The molecule has 0 fully saturated rings. The van der Waals surface area contributed by atoms with Crippen LogP contribution in [-0.4, -0.2) is 17.9 Å². The molecule has 0 unspecified atom stereocenters. The van der Waals surface area contributed by atoms with Crippen LogP contribution in [0.25, 0.3) is 0 Å². The van der Waals surface area contributed by atoms with Crippen LogP contribution in [0.2, 0.25) is 10.0 Å². The lowest BCUT2D eigenvalue weighted by Crippen LogP contribution is -2.33. The zero-order chi connectivity index (χ0) is 20.4. The third-order valence-corrected chi connectivity index (χ3v) is 5.61.